The number of carbonyl (C=O) groups is 2. The maximum absolute atomic E-state index is 12.6. The number of rotatable bonds is 5. The summed E-state index contributed by atoms with van der Waals surface area (Å²) in [5, 5.41) is 5.63. The maximum atomic E-state index is 12.6. The minimum Gasteiger partial charge on any atom is -0.462 e. The normalized spacial score (nSPS) is 11.1. The first-order valence-electron chi connectivity index (χ1n) is 8.90. The summed E-state index contributed by atoms with van der Waals surface area (Å²) in [5.41, 5.74) is 1.83. The predicted molar refractivity (Wildman–Crippen MR) is 114 cm³/mol. The van der Waals surface area contributed by atoms with E-state index < -0.39 is 0 Å². The van der Waals surface area contributed by atoms with Gasteiger partial charge in [0, 0.05) is 0 Å². The van der Waals surface area contributed by atoms with E-state index in [9.17, 15) is 9.59 Å². The average molecular weight is 411 g/mol. The van der Waals surface area contributed by atoms with Crippen LogP contribution in [-0.4, -0.2) is 23.5 Å². The standard InChI is InChI=1S/C21H18N2O3S2/c1-3-26-20(25)18-12(2)17-19(27-18)23-21(28-17)22-16(24)11-14-9-6-8-13-7-4-5-10-15(13)14/h4-10H,3,11H2,1-2H3,(H,22,23,24). The molecule has 0 saturated carbocycles. The molecular weight excluding hydrogens is 392 g/mol. The molecule has 2 aromatic carbocycles. The highest BCUT2D eigenvalue weighted by atomic mass is 32.1. The molecule has 0 spiro atoms. The zero-order valence-electron chi connectivity index (χ0n) is 15.4. The van der Waals surface area contributed by atoms with Crippen molar-refractivity contribution in [3.63, 3.8) is 0 Å². The Hall–Kier alpha value is -2.77. The summed E-state index contributed by atoms with van der Waals surface area (Å²) in [7, 11) is 0. The number of nitrogens with one attached hydrogen (secondary N) is 1. The molecule has 0 saturated heterocycles. The lowest BCUT2D eigenvalue weighted by molar-refractivity contribution is -0.115. The van der Waals surface area contributed by atoms with Crippen LogP contribution in [0.4, 0.5) is 5.13 Å². The third-order valence-corrected chi connectivity index (χ3v) is 6.80. The van der Waals surface area contributed by atoms with Crippen molar-refractivity contribution in [2.45, 2.75) is 20.3 Å². The molecule has 0 unspecified atom stereocenters. The van der Waals surface area contributed by atoms with Gasteiger partial charge in [-0.15, -0.1) is 11.3 Å². The quantitative estimate of drug-likeness (QED) is 0.461. The Labute approximate surface area is 170 Å². The molecule has 0 radical (unpaired) electrons. The zero-order chi connectivity index (χ0) is 19.7. The molecule has 0 atom stereocenters. The van der Waals surface area contributed by atoms with E-state index in [1.807, 2.05) is 49.4 Å². The molecule has 142 valence electrons. The number of aryl methyl sites for hydroxylation is 1. The Morgan fingerprint density at radius 3 is 2.68 bits per heavy atom. The van der Waals surface area contributed by atoms with Crippen molar-refractivity contribution in [2.75, 3.05) is 11.9 Å². The molecule has 2 aromatic heterocycles. The second-order valence-corrected chi connectivity index (χ2v) is 8.29. The van der Waals surface area contributed by atoms with Gasteiger partial charge in [0.2, 0.25) is 5.91 Å². The Bertz CT molecular complexity index is 1190. The van der Waals surface area contributed by atoms with E-state index in [4.69, 9.17) is 4.74 Å². The summed E-state index contributed by atoms with van der Waals surface area (Å²) in [5.74, 6) is -0.433. The molecule has 5 nitrogen and oxygen atoms in total. The van der Waals surface area contributed by atoms with Gasteiger partial charge in [-0.2, -0.15) is 0 Å². The number of thiophene rings is 1. The summed E-state index contributed by atoms with van der Waals surface area (Å²) in [4.78, 5) is 30.3. The predicted octanol–water partition coefficient (Wildman–Crippen LogP) is 5.18. The van der Waals surface area contributed by atoms with Gasteiger partial charge in [-0.3, -0.25) is 4.79 Å². The summed E-state index contributed by atoms with van der Waals surface area (Å²) in [6.07, 6.45) is 0.279. The van der Waals surface area contributed by atoms with Gasteiger partial charge in [0.05, 0.1) is 17.7 Å². The fourth-order valence-electron chi connectivity index (χ4n) is 3.12. The Balaban J connectivity index is 1.53. The van der Waals surface area contributed by atoms with Gasteiger partial charge in [0.25, 0.3) is 0 Å². The van der Waals surface area contributed by atoms with Crippen molar-refractivity contribution in [3.05, 3.63) is 58.5 Å². The monoisotopic (exact) mass is 410 g/mol. The molecule has 0 aliphatic rings. The van der Waals surface area contributed by atoms with Crippen molar-refractivity contribution in [2.24, 2.45) is 0 Å². The van der Waals surface area contributed by atoms with Crippen LogP contribution in [0.1, 0.15) is 27.7 Å². The molecule has 0 aliphatic carbocycles. The Morgan fingerprint density at radius 2 is 1.89 bits per heavy atom. The Morgan fingerprint density at radius 1 is 1.11 bits per heavy atom. The van der Waals surface area contributed by atoms with Gasteiger partial charge in [-0.05, 0) is 35.7 Å². The fraction of sp³-hybridized carbons (Fsp3) is 0.190. The second kappa shape index (κ2) is 7.69. The first-order chi connectivity index (χ1) is 13.6. The van der Waals surface area contributed by atoms with Crippen LogP contribution in [0, 0.1) is 6.92 Å². The van der Waals surface area contributed by atoms with Crippen molar-refractivity contribution >= 4 is 60.0 Å². The number of carbonyl (C=O) groups excluding carboxylic acids is 2. The molecule has 28 heavy (non-hydrogen) atoms. The van der Waals surface area contributed by atoms with E-state index in [-0.39, 0.29) is 18.3 Å². The van der Waals surface area contributed by atoms with Crippen LogP contribution in [0.3, 0.4) is 0 Å². The zero-order valence-corrected chi connectivity index (χ0v) is 17.1. The average Bonchev–Trinajstić information content (AvgIpc) is 3.21. The molecule has 7 heteroatoms. The Kier molecular flexibility index (Phi) is 5.11. The number of fused-ring (bicyclic) bond motifs is 2. The van der Waals surface area contributed by atoms with Crippen LogP contribution in [-0.2, 0) is 16.0 Å². The number of ether oxygens (including phenoxy) is 1. The van der Waals surface area contributed by atoms with Crippen LogP contribution in [0.25, 0.3) is 20.3 Å². The molecule has 1 amide bonds. The maximum Gasteiger partial charge on any atom is 0.348 e. The summed E-state index contributed by atoms with van der Waals surface area (Å²) in [6.45, 7) is 4.00. The molecule has 0 fully saturated rings. The number of thiazole rings is 1. The number of esters is 1. The van der Waals surface area contributed by atoms with Gasteiger partial charge in [-0.1, -0.05) is 53.8 Å². The van der Waals surface area contributed by atoms with E-state index in [2.05, 4.69) is 10.3 Å². The molecule has 0 bridgehead atoms. The molecule has 4 aromatic rings. The van der Waals surface area contributed by atoms with Gasteiger partial charge in [0.1, 0.15) is 9.71 Å². The number of benzene rings is 2. The van der Waals surface area contributed by atoms with Crippen LogP contribution < -0.4 is 5.32 Å². The van der Waals surface area contributed by atoms with Gasteiger partial charge >= 0.3 is 5.97 Å². The van der Waals surface area contributed by atoms with Crippen LogP contribution in [0.15, 0.2) is 42.5 Å². The number of anilines is 1. The van der Waals surface area contributed by atoms with Crippen molar-refractivity contribution < 1.29 is 14.3 Å². The highest BCUT2D eigenvalue weighted by Crippen LogP contribution is 2.37. The smallest absolute Gasteiger partial charge is 0.348 e. The third-order valence-electron chi connectivity index (χ3n) is 4.41. The minimum atomic E-state index is -0.322. The lowest BCUT2D eigenvalue weighted by atomic mass is 10.0. The highest BCUT2D eigenvalue weighted by Gasteiger charge is 2.20. The van der Waals surface area contributed by atoms with E-state index >= 15 is 0 Å². The number of nitrogens with zero attached hydrogens (tertiary/aromatic N) is 1. The second-order valence-electron chi connectivity index (χ2n) is 6.29. The molecular formula is C21H18N2O3S2. The van der Waals surface area contributed by atoms with Crippen molar-refractivity contribution in [1.29, 1.82) is 0 Å². The number of amides is 1. The fourth-order valence-corrected chi connectivity index (χ4v) is 5.35. The first-order valence-corrected chi connectivity index (χ1v) is 10.5. The minimum absolute atomic E-state index is 0.110. The molecule has 2 heterocycles. The van der Waals surface area contributed by atoms with E-state index in [0.29, 0.717) is 16.6 Å². The van der Waals surface area contributed by atoms with E-state index in [0.717, 1.165) is 31.4 Å². The van der Waals surface area contributed by atoms with Crippen molar-refractivity contribution in [1.82, 2.24) is 4.98 Å². The number of hydrogen-bond acceptors (Lipinski definition) is 6. The van der Waals surface area contributed by atoms with Gasteiger partial charge in [-0.25, -0.2) is 9.78 Å². The summed E-state index contributed by atoms with van der Waals surface area (Å²) < 4.78 is 5.99. The molecule has 4 rings (SSSR count). The van der Waals surface area contributed by atoms with E-state index in [1.54, 1.807) is 6.92 Å². The lowest BCUT2D eigenvalue weighted by Crippen LogP contribution is -2.14. The molecule has 1 N–H and O–H groups in total. The highest BCUT2D eigenvalue weighted by molar-refractivity contribution is 7.30. The van der Waals surface area contributed by atoms with Crippen molar-refractivity contribution in [3.8, 4) is 0 Å². The number of aromatic nitrogens is 1. The first kappa shape index (κ1) is 18.6. The largest absolute Gasteiger partial charge is 0.462 e. The lowest BCUT2D eigenvalue weighted by Gasteiger charge is -2.06. The van der Waals surface area contributed by atoms with Crippen LogP contribution in [0.2, 0.25) is 0 Å². The SMILES string of the molecule is CCOC(=O)c1sc2nc(NC(=O)Cc3cccc4ccccc34)sc2c1C. The number of hydrogen-bond donors (Lipinski definition) is 1. The third kappa shape index (κ3) is 3.50. The topological polar surface area (TPSA) is 68.3 Å². The van der Waals surface area contributed by atoms with Gasteiger partial charge < -0.3 is 10.1 Å². The van der Waals surface area contributed by atoms with Gasteiger partial charge in [0.15, 0.2) is 5.13 Å². The molecule has 0 aliphatic heterocycles. The van der Waals surface area contributed by atoms with Crippen LogP contribution in [0.5, 0.6) is 0 Å². The summed E-state index contributed by atoms with van der Waals surface area (Å²) >= 11 is 2.68. The summed E-state index contributed by atoms with van der Waals surface area (Å²) in [6, 6.07) is 14.0. The van der Waals surface area contributed by atoms with Crippen LogP contribution >= 0.6 is 22.7 Å². The van der Waals surface area contributed by atoms with E-state index in [1.165, 1.54) is 22.7 Å².